The molecule has 1 aromatic rings. The zero-order valence-corrected chi connectivity index (χ0v) is 13.0. The van der Waals surface area contributed by atoms with E-state index in [2.05, 4.69) is 11.0 Å². The molecule has 3 unspecified atom stereocenters. The SMILES string of the molecule is CC(N)Cc1c(F)cccc1N1CCCC2CCCCC21. The number of hydrogen-bond acceptors (Lipinski definition) is 2. The highest BCUT2D eigenvalue weighted by molar-refractivity contribution is 5.56. The number of rotatable bonds is 3. The lowest BCUT2D eigenvalue weighted by molar-refractivity contribution is 0.243. The van der Waals surface area contributed by atoms with Crippen LogP contribution in [0.25, 0.3) is 0 Å². The number of anilines is 1. The number of halogens is 1. The molecule has 1 aliphatic heterocycles. The van der Waals surface area contributed by atoms with E-state index >= 15 is 0 Å². The van der Waals surface area contributed by atoms with Crippen molar-refractivity contribution in [3.8, 4) is 0 Å². The molecular formula is C18H27FN2. The van der Waals surface area contributed by atoms with Crippen molar-refractivity contribution >= 4 is 5.69 Å². The van der Waals surface area contributed by atoms with E-state index in [0.29, 0.717) is 12.5 Å². The summed E-state index contributed by atoms with van der Waals surface area (Å²) in [4.78, 5) is 2.49. The summed E-state index contributed by atoms with van der Waals surface area (Å²) >= 11 is 0. The molecule has 2 fully saturated rings. The third-order valence-corrected chi connectivity index (χ3v) is 5.17. The monoisotopic (exact) mass is 290 g/mol. The van der Waals surface area contributed by atoms with E-state index in [9.17, 15) is 4.39 Å². The Labute approximate surface area is 127 Å². The fourth-order valence-corrected chi connectivity index (χ4v) is 4.26. The highest BCUT2D eigenvalue weighted by Crippen LogP contribution is 2.39. The first-order chi connectivity index (χ1) is 10.2. The predicted molar refractivity (Wildman–Crippen MR) is 86.1 cm³/mol. The van der Waals surface area contributed by atoms with Crippen LogP contribution in [0.5, 0.6) is 0 Å². The minimum atomic E-state index is -0.0947. The fourth-order valence-electron chi connectivity index (χ4n) is 4.26. The van der Waals surface area contributed by atoms with Crippen molar-refractivity contribution in [3.63, 3.8) is 0 Å². The first kappa shape index (κ1) is 14.8. The van der Waals surface area contributed by atoms with Gasteiger partial charge in [0.05, 0.1) is 0 Å². The van der Waals surface area contributed by atoms with E-state index in [0.717, 1.165) is 23.7 Å². The molecule has 21 heavy (non-hydrogen) atoms. The van der Waals surface area contributed by atoms with Gasteiger partial charge in [-0.25, -0.2) is 4.39 Å². The van der Waals surface area contributed by atoms with Crippen LogP contribution in [0, 0.1) is 11.7 Å². The van der Waals surface area contributed by atoms with Crippen molar-refractivity contribution in [2.45, 2.75) is 64.0 Å². The normalized spacial score (nSPS) is 27.3. The van der Waals surface area contributed by atoms with E-state index in [1.54, 1.807) is 6.07 Å². The summed E-state index contributed by atoms with van der Waals surface area (Å²) in [7, 11) is 0. The molecule has 1 aromatic carbocycles. The minimum absolute atomic E-state index is 0.00686. The number of nitrogens with two attached hydrogens (primary N) is 1. The van der Waals surface area contributed by atoms with Crippen LogP contribution >= 0.6 is 0 Å². The van der Waals surface area contributed by atoms with Gasteiger partial charge in [-0.2, -0.15) is 0 Å². The van der Waals surface area contributed by atoms with E-state index in [1.165, 1.54) is 38.5 Å². The molecule has 0 amide bonds. The molecule has 0 aromatic heterocycles. The molecule has 1 heterocycles. The molecule has 1 aliphatic carbocycles. The topological polar surface area (TPSA) is 29.3 Å². The molecule has 1 saturated carbocycles. The van der Waals surface area contributed by atoms with Crippen molar-refractivity contribution in [2.75, 3.05) is 11.4 Å². The minimum Gasteiger partial charge on any atom is -0.368 e. The Morgan fingerprint density at radius 1 is 1.24 bits per heavy atom. The molecule has 2 N–H and O–H groups in total. The largest absolute Gasteiger partial charge is 0.368 e. The summed E-state index contributed by atoms with van der Waals surface area (Å²) in [5.41, 5.74) is 7.86. The van der Waals surface area contributed by atoms with Gasteiger partial charge in [0, 0.05) is 29.9 Å². The molecule has 1 saturated heterocycles. The van der Waals surface area contributed by atoms with E-state index in [4.69, 9.17) is 5.73 Å². The number of piperidine rings is 1. The summed E-state index contributed by atoms with van der Waals surface area (Å²) in [6.45, 7) is 3.02. The highest BCUT2D eigenvalue weighted by Gasteiger charge is 2.34. The Morgan fingerprint density at radius 3 is 2.81 bits per heavy atom. The van der Waals surface area contributed by atoms with Crippen molar-refractivity contribution < 1.29 is 4.39 Å². The number of fused-ring (bicyclic) bond motifs is 1. The van der Waals surface area contributed by atoms with Gasteiger partial charge in [-0.1, -0.05) is 18.9 Å². The maximum atomic E-state index is 14.3. The van der Waals surface area contributed by atoms with Gasteiger partial charge in [-0.05, 0) is 57.1 Å². The molecule has 3 heteroatoms. The third kappa shape index (κ3) is 3.08. The fraction of sp³-hybridized carbons (Fsp3) is 0.667. The summed E-state index contributed by atoms with van der Waals surface area (Å²) < 4.78 is 14.3. The quantitative estimate of drug-likeness (QED) is 0.915. The van der Waals surface area contributed by atoms with Crippen LogP contribution in [-0.2, 0) is 6.42 Å². The first-order valence-electron chi connectivity index (χ1n) is 8.46. The van der Waals surface area contributed by atoms with Crippen LogP contribution in [0.4, 0.5) is 10.1 Å². The summed E-state index contributed by atoms with van der Waals surface area (Å²) in [5, 5.41) is 0. The van der Waals surface area contributed by atoms with E-state index < -0.39 is 0 Å². The van der Waals surface area contributed by atoms with Crippen LogP contribution in [0.1, 0.15) is 51.0 Å². The molecule has 2 aliphatic rings. The Kier molecular flexibility index (Phi) is 4.48. The van der Waals surface area contributed by atoms with Gasteiger partial charge < -0.3 is 10.6 Å². The number of nitrogens with zero attached hydrogens (tertiary/aromatic N) is 1. The molecule has 116 valence electrons. The van der Waals surface area contributed by atoms with Crippen molar-refractivity contribution in [1.82, 2.24) is 0 Å². The third-order valence-electron chi connectivity index (χ3n) is 5.17. The highest BCUT2D eigenvalue weighted by atomic mass is 19.1. The lowest BCUT2D eigenvalue weighted by Gasteiger charge is -2.46. The average Bonchev–Trinajstić information content (AvgIpc) is 2.48. The molecule has 0 radical (unpaired) electrons. The van der Waals surface area contributed by atoms with Crippen molar-refractivity contribution in [1.29, 1.82) is 0 Å². The van der Waals surface area contributed by atoms with Gasteiger partial charge in [0.15, 0.2) is 0 Å². The molecule has 0 spiro atoms. The van der Waals surface area contributed by atoms with E-state index in [1.807, 2.05) is 13.0 Å². The van der Waals surface area contributed by atoms with Gasteiger partial charge in [0.2, 0.25) is 0 Å². The van der Waals surface area contributed by atoms with Crippen LogP contribution in [-0.4, -0.2) is 18.6 Å². The Hall–Kier alpha value is -1.09. The second-order valence-electron chi connectivity index (χ2n) is 6.87. The Balaban J connectivity index is 1.93. The van der Waals surface area contributed by atoms with Crippen LogP contribution in [0.2, 0.25) is 0 Å². The molecular weight excluding hydrogens is 263 g/mol. The van der Waals surface area contributed by atoms with Crippen molar-refractivity contribution in [3.05, 3.63) is 29.6 Å². The van der Waals surface area contributed by atoms with Gasteiger partial charge in [-0.3, -0.25) is 0 Å². The Morgan fingerprint density at radius 2 is 2.00 bits per heavy atom. The zero-order valence-electron chi connectivity index (χ0n) is 13.0. The second kappa shape index (κ2) is 6.35. The van der Waals surface area contributed by atoms with Crippen LogP contribution < -0.4 is 10.6 Å². The zero-order chi connectivity index (χ0) is 14.8. The lowest BCUT2D eigenvalue weighted by Crippen LogP contribution is -2.47. The summed E-state index contributed by atoms with van der Waals surface area (Å²) in [5.74, 6) is 0.710. The van der Waals surface area contributed by atoms with Gasteiger partial charge in [0.1, 0.15) is 5.82 Å². The molecule has 2 nitrogen and oxygen atoms in total. The number of hydrogen-bond donors (Lipinski definition) is 1. The van der Waals surface area contributed by atoms with E-state index in [-0.39, 0.29) is 11.9 Å². The molecule has 3 rings (SSSR count). The predicted octanol–water partition coefficient (Wildman–Crippen LogP) is 3.87. The first-order valence-corrected chi connectivity index (χ1v) is 8.46. The van der Waals surface area contributed by atoms with Crippen LogP contribution in [0.3, 0.4) is 0 Å². The van der Waals surface area contributed by atoms with Gasteiger partial charge in [0.25, 0.3) is 0 Å². The van der Waals surface area contributed by atoms with Gasteiger partial charge in [-0.15, -0.1) is 0 Å². The molecule has 3 atom stereocenters. The van der Waals surface area contributed by atoms with Crippen LogP contribution in [0.15, 0.2) is 18.2 Å². The summed E-state index contributed by atoms with van der Waals surface area (Å²) in [6.07, 6.45) is 8.49. The number of benzene rings is 1. The van der Waals surface area contributed by atoms with Gasteiger partial charge >= 0.3 is 0 Å². The maximum absolute atomic E-state index is 14.3. The maximum Gasteiger partial charge on any atom is 0.128 e. The Bertz CT molecular complexity index is 484. The standard InChI is InChI=1S/C18H27FN2/c1-13(20)12-15-16(19)8-4-10-18(15)21-11-5-7-14-6-2-3-9-17(14)21/h4,8,10,13-14,17H,2-3,5-7,9,11-12,20H2,1H3. The second-order valence-corrected chi connectivity index (χ2v) is 6.87. The molecule has 0 bridgehead atoms. The summed E-state index contributed by atoms with van der Waals surface area (Å²) in [6, 6.07) is 6.12. The average molecular weight is 290 g/mol. The lowest BCUT2D eigenvalue weighted by atomic mass is 9.78. The smallest absolute Gasteiger partial charge is 0.128 e. The van der Waals surface area contributed by atoms with Crippen molar-refractivity contribution in [2.24, 2.45) is 11.7 Å².